The fraction of sp³-hybridized carbons (Fsp3) is 0.688. The van der Waals surface area contributed by atoms with Crippen molar-refractivity contribution >= 4 is 17.9 Å². The number of nitrogens with zero attached hydrogens (tertiary/aromatic N) is 3. The van der Waals surface area contributed by atoms with Crippen LogP contribution in [0.1, 0.15) is 47.0 Å². The lowest BCUT2D eigenvalue weighted by atomic mass is 10.2. The summed E-state index contributed by atoms with van der Waals surface area (Å²) < 4.78 is 10.5. The highest BCUT2D eigenvalue weighted by molar-refractivity contribution is 5.97. The molecule has 0 aromatic carbocycles. The fourth-order valence-electron chi connectivity index (χ4n) is 2.64. The number of anilines is 1. The van der Waals surface area contributed by atoms with Gasteiger partial charge in [-0.2, -0.15) is 0 Å². The van der Waals surface area contributed by atoms with Gasteiger partial charge in [0.05, 0.1) is 6.20 Å². The number of amides is 2. The van der Waals surface area contributed by atoms with Crippen LogP contribution in [0, 0.1) is 0 Å². The number of hydrogen-bond acceptors (Lipinski definition) is 5. The Bertz CT molecular complexity index is 536. The van der Waals surface area contributed by atoms with Gasteiger partial charge in [-0.3, -0.25) is 14.6 Å². The largest absolute Gasteiger partial charge is 0.444 e. The first kappa shape index (κ1) is 17.3. The van der Waals surface area contributed by atoms with E-state index in [2.05, 4.69) is 5.16 Å². The van der Waals surface area contributed by atoms with Crippen molar-refractivity contribution in [2.24, 2.45) is 0 Å². The first-order chi connectivity index (χ1) is 10.8. The molecule has 1 aliphatic rings. The topological polar surface area (TPSA) is 75.9 Å². The highest BCUT2D eigenvalue weighted by Gasteiger charge is 2.39. The molecule has 2 heterocycles. The monoisotopic (exact) mass is 323 g/mol. The minimum Gasteiger partial charge on any atom is -0.444 e. The summed E-state index contributed by atoms with van der Waals surface area (Å²) in [6.07, 6.45) is 3.26. The van der Waals surface area contributed by atoms with E-state index in [0.29, 0.717) is 25.4 Å². The Morgan fingerprint density at radius 1 is 1.48 bits per heavy atom. The average Bonchev–Trinajstić information content (AvgIpc) is 3.12. The average molecular weight is 323 g/mol. The van der Waals surface area contributed by atoms with E-state index in [9.17, 15) is 9.59 Å². The predicted molar refractivity (Wildman–Crippen MR) is 85.1 cm³/mol. The van der Waals surface area contributed by atoms with Gasteiger partial charge >= 0.3 is 6.09 Å². The number of ether oxygens (including phenoxy) is 1. The highest BCUT2D eigenvalue weighted by atomic mass is 16.6. The lowest BCUT2D eigenvalue weighted by Gasteiger charge is -2.30. The van der Waals surface area contributed by atoms with E-state index in [1.165, 1.54) is 11.1 Å². The summed E-state index contributed by atoms with van der Waals surface area (Å²) in [6, 6.07) is 1.14. The summed E-state index contributed by atoms with van der Waals surface area (Å²) in [4.78, 5) is 28.3. The number of aromatic nitrogens is 1. The smallest absolute Gasteiger partial charge is 0.410 e. The minimum atomic E-state index is -0.582. The van der Waals surface area contributed by atoms with Gasteiger partial charge in [0.25, 0.3) is 5.91 Å². The molecule has 1 aliphatic heterocycles. The zero-order valence-electron chi connectivity index (χ0n) is 14.2. The van der Waals surface area contributed by atoms with Crippen LogP contribution in [-0.4, -0.2) is 46.8 Å². The number of rotatable bonds is 4. The van der Waals surface area contributed by atoms with Crippen molar-refractivity contribution in [2.45, 2.75) is 58.6 Å². The molecule has 0 radical (unpaired) electrons. The van der Waals surface area contributed by atoms with E-state index in [-0.39, 0.29) is 5.91 Å². The second-order valence-electron chi connectivity index (χ2n) is 6.67. The van der Waals surface area contributed by atoms with E-state index in [1.54, 1.807) is 11.0 Å². The van der Waals surface area contributed by atoms with Gasteiger partial charge in [0.1, 0.15) is 11.6 Å². The van der Waals surface area contributed by atoms with Gasteiger partial charge in [-0.25, -0.2) is 4.79 Å². The summed E-state index contributed by atoms with van der Waals surface area (Å²) in [5.74, 6) is 0.264. The normalized spacial score (nSPS) is 18.1. The number of carbonyl (C=O) groups is 2. The molecule has 0 spiro atoms. The van der Waals surface area contributed by atoms with Crippen LogP contribution in [0.4, 0.5) is 10.7 Å². The molecule has 128 valence electrons. The molecule has 1 saturated heterocycles. The summed E-state index contributed by atoms with van der Waals surface area (Å²) in [6.45, 7) is 8.48. The quantitative estimate of drug-likeness (QED) is 0.851. The molecule has 1 aromatic heterocycles. The van der Waals surface area contributed by atoms with Crippen molar-refractivity contribution < 1.29 is 18.8 Å². The van der Waals surface area contributed by atoms with Gasteiger partial charge in [0, 0.05) is 19.2 Å². The van der Waals surface area contributed by atoms with Crippen LogP contribution in [0.2, 0.25) is 0 Å². The van der Waals surface area contributed by atoms with Crippen molar-refractivity contribution in [2.75, 3.05) is 18.0 Å². The standard InChI is InChI=1S/C16H25N3O4/c1-5-10-19(13-8-9-17-23-13)14(20)12-7-6-11-18(12)15(21)22-16(2,3)4/h8-9,12H,5-7,10-11H2,1-4H3. The van der Waals surface area contributed by atoms with Crippen LogP contribution in [0.25, 0.3) is 0 Å². The van der Waals surface area contributed by atoms with Gasteiger partial charge < -0.3 is 9.26 Å². The molecular formula is C16H25N3O4. The molecule has 1 atom stereocenters. The van der Waals surface area contributed by atoms with Gasteiger partial charge in [0.2, 0.25) is 5.88 Å². The third-order valence-corrected chi connectivity index (χ3v) is 3.57. The SMILES string of the molecule is CCCN(C(=O)C1CCCN1C(=O)OC(C)(C)C)c1ccno1. The van der Waals surface area contributed by atoms with Crippen LogP contribution < -0.4 is 4.90 Å². The van der Waals surface area contributed by atoms with Crippen LogP contribution in [0.5, 0.6) is 0 Å². The van der Waals surface area contributed by atoms with Crippen LogP contribution in [0.3, 0.4) is 0 Å². The molecule has 0 N–H and O–H groups in total. The maximum absolute atomic E-state index is 12.9. The van der Waals surface area contributed by atoms with Crippen LogP contribution in [-0.2, 0) is 9.53 Å². The lowest BCUT2D eigenvalue weighted by molar-refractivity contribution is -0.123. The van der Waals surface area contributed by atoms with E-state index in [0.717, 1.165) is 12.8 Å². The molecule has 7 nitrogen and oxygen atoms in total. The molecule has 7 heteroatoms. The van der Waals surface area contributed by atoms with E-state index in [4.69, 9.17) is 9.26 Å². The first-order valence-corrected chi connectivity index (χ1v) is 8.05. The maximum atomic E-state index is 12.9. The Balaban J connectivity index is 2.14. The number of hydrogen-bond donors (Lipinski definition) is 0. The zero-order chi connectivity index (χ0) is 17.0. The second-order valence-corrected chi connectivity index (χ2v) is 6.67. The number of carbonyl (C=O) groups excluding carboxylic acids is 2. The Morgan fingerprint density at radius 3 is 2.78 bits per heavy atom. The molecule has 2 rings (SSSR count). The van der Waals surface area contributed by atoms with Crippen molar-refractivity contribution in [3.8, 4) is 0 Å². The lowest BCUT2D eigenvalue weighted by Crippen LogP contribution is -2.49. The van der Waals surface area contributed by atoms with Crippen molar-refractivity contribution in [3.05, 3.63) is 12.3 Å². The van der Waals surface area contributed by atoms with Crippen molar-refractivity contribution in [3.63, 3.8) is 0 Å². The third-order valence-electron chi connectivity index (χ3n) is 3.57. The Kier molecular flexibility index (Phi) is 5.28. The van der Waals surface area contributed by atoms with Gasteiger partial charge in [0.15, 0.2) is 0 Å². The summed E-state index contributed by atoms with van der Waals surface area (Å²) in [5.41, 5.74) is -0.582. The van der Waals surface area contributed by atoms with Crippen LogP contribution in [0.15, 0.2) is 16.8 Å². The van der Waals surface area contributed by atoms with Crippen molar-refractivity contribution in [1.29, 1.82) is 0 Å². The van der Waals surface area contributed by atoms with Gasteiger partial charge in [-0.05, 0) is 40.0 Å². The van der Waals surface area contributed by atoms with Gasteiger partial charge in [-0.1, -0.05) is 12.1 Å². The Morgan fingerprint density at radius 2 is 2.22 bits per heavy atom. The van der Waals surface area contributed by atoms with E-state index < -0.39 is 17.7 Å². The Labute approximate surface area is 136 Å². The zero-order valence-corrected chi connectivity index (χ0v) is 14.2. The number of likely N-dealkylation sites (tertiary alicyclic amines) is 1. The summed E-state index contributed by atoms with van der Waals surface area (Å²) >= 11 is 0. The molecule has 1 aromatic rings. The molecule has 2 amide bonds. The summed E-state index contributed by atoms with van der Waals surface area (Å²) in [5, 5.41) is 3.66. The maximum Gasteiger partial charge on any atom is 0.410 e. The summed E-state index contributed by atoms with van der Waals surface area (Å²) in [7, 11) is 0. The molecular weight excluding hydrogens is 298 g/mol. The molecule has 0 bridgehead atoms. The van der Waals surface area contributed by atoms with E-state index >= 15 is 0 Å². The molecule has 1 unspecified atom stereocenters. The molecule has 23 heavy (non-hydrogen) atoms. The second kappa shape index (κ2) is 7.02. The predicted octanol–water partition coefficient (Wildman–Crippen LogP) is 2.82. The third kappa shape index (κ3) is 4.24. The minimum absolute atomic E-state index is 0.146. The highest BCUT2D eigenvalue weighted by Crippen LogP contribution is 2.25. The first-order valence-electron chi connectivity index (χ1n) is 8.05. The fourth-order valence-corrected chi connectivity index (χ4v) is 2.64. The van der Waals surface area contributed by atoms with Crippen molar-refractivity contribution in [1.82, 2.24) is 10.1 Å². The Hall–Kier alpha value is -2.05. The van der Waals surface area contributed by atoms with Crippen LogP contribution >= 0.6 is 0 Å². The van der Waals surface area contributed by atoms with Gasteiger partial charge in [-0.15, -0.1) is 0 Å². The molecule has 0 aliphatic carbocycles. The van der Waals surface area contributed by atoms with E-state index in [1.807, 2.05) is 27.7 Å². The molecule has 0 saturated carbocycles. The molecule has 1 fully saturated rings.